The Morgan fingerprint density at radius 3 is 2.31 bits per heavy atom. The fourth-order valence-corrected chi connectivity index (χ4v) is 4.13. The van der Waals surface area contributed by atoms with Crippen molar-refractivity contribution in [2.75, 3.05) is 25.7 Å². The van der Waals surface area contributed by atoms with E-state index in [4.69, 9.17) is 14.2 Å². The summed E-state index contributed by atoms with van der Waals surface area (Å²) in [6.45, 7) is 3.54. The van der Waals surface area contributed by atoms with Crippen LogP contribution in [0.4, 0.5) is 15.3 Å². The second kappa shape index (κ2) is 8.02. The summed E-state index contributed by atoms with van der Waals surface area (Å²) in [4.78, 5) is 40.8. The van der Waals surface area contributed by atoms with Crippen LogP contribution in [0.1, 0.15) is 31.9 Å². The van der Waals surface area contributed by atoms with Crippen LogP contribution in [0.2, 0.25) is 0 Å². The van der Waals surface area contributed by atoms with Crippen molar-refractivity contribution in [1.82, 2.24) is 4.90 Å². The van der Waals surface area contributed by atoms with E-state index in [1.807, 2.05) is 6.92 Å². The van der Waals surface area contributed by atoms with Crippen LogP contribution in [0.25, 0.3) is 0 Å². The van der Waals surface area contributed by atoms with Gasteiger partial charge < -0.3 is 19.3 Å². The van der Waals surface area contributed by atoms with Gasteiger partial charge in [-0.25, -0.2) is 14.4 Å². The molecule has 156 valence electrons. The molecular formula is C20H24N2O7. The third kappa shape index (κ3) is 3.06. The van der Waals surface area contributed by atoms with Crippen LogP contribution in [0.5, 0.6) is 0 Å². The molecule has 1 aromatic carbocycles. The lowest BCUT2D eigenvalue weighted by Gasteiger charge is -2.52. The molecule has 9 heteroatoms. The minimum atomic E-state index is -1.27. The number of anilines is 1. The average molecular weight is 404 g/mol. The molecule has 2 aliphatic rings. The summed E-state index contributed by atoms with van der Waals surface area (Å²) in [5.41, 5.74) is 0.948. The van der Waals surface area contributed by atoms with Gasteiger partial charge in [-0.15, -0.1) is 0 Å². The van der Waals surface area contributed by atoms with E-state index < -0.39 is 36.3 Å². The molecule has 1 N–H and O–H groups in total. The topological polar surface area (TPSA) is 106 Å². The highest BCUT2D eigenvalue weighted by Crippen LogP contribution is 2.51. The Balaban J connectivity index is 2.35. The van der Waals surface area contributed by atoms with Crippen molar-refractivity contribution in [3.63, 3.8) is 0 Å². The molecule has 9 nitrogen and oxygen atoms in total. The van der Waals surface area contributed by atoms with E-state index in [1.54, 1.807) is 31.2 Å². The van der Waals surface area contributed by atoms with E-state index >= 15 is 0 Å². The Labute approximate surface area is 168 Å². The van der Waals surface area contributed by atoms with Crippen molar-refractivity contribution in [1.29, 1.82) is 0 Å². The largest absolute Gasteiger partial charge is 0.511 e. The number of hydrogen-bond donors (Lipinski definition) is 1. The first-order chi connectivity index (χ1) is 13.9. The predicted molar refractivity (Wildman–Crippen MR) is 102 cm³/mol. The van der Waals surface area contributed by atoms with Crippen LogP contribution in [0.15, 0.2) is 35.6 Å². The molecule has 0 saturated heterocycles. The molecule has 0 spiro atoms. The lowest BCUT2D eigenvalue weighted by atomic mass is 9.78. The van der Waals surface area contributed by atoms with Crippen LogP contribution < -0.4 is 4.90 Å². The number of benzene rings is 1. The molecule has 0 aliphatic carbocycles. The smallest absolute Gasteiger partial charge is 0.416 e. The Morgan fingerprint density at radius 2 is 1.72 bits per heavy atom. The third-order valence-corrected chi connectivity index (χ3v) is 5.28. The molecule has 2 aliphatic heterocycles. The summed E-state index contributed by atoms with van der Waals surface area (Å²) < 4.78 is 15.0. The van der Waals surface area contributed by atoms with Gasteiger partial charge in [-0.1, -0.05) is 25.1 Å². The molecular weight excluding hydrogens is 380 g/mol. The van der Waals surface area contributed by atoms with Crippen molar-refractivity contribution < 1.29 is 33.7 Å². The number of amides is 2. The molecule has 2 bridgehead atoms. The summed E-state index contributed by atoms with van der Waals surface area (Å²) in [7, 11) is 2.42. The summed E-state index contributed by atoms with van der Waals surface area (Å²) in [5.74, 6) is -1.59. The van der Waals surface area contributed by atoms with Gasteiger partial charge in [0.25, 0.3) is 0 Å². The number of aliphatic hydroxyl groups is 1. The lowest BCUT2D eigenvalue weighted by Crippen LogP contribution is -2.63. The van der Waals surface area contributed by atoms with Crippen molar-refractivity contribution in [3.05, 3.63) is 41.2 Å². The van der Waals surface area contributed by atoms with Gasteiger partial charge in [0.15, 0.2) is 6.17 Å². The summed E-state index contributed by atoms with van der Waals surface area (Å²) in [5, 5.41) is 11.0. The fraction of sp³-hybridized carbons (Fsp3) is 0.450. The first-order valence-corrected chi connectivity index (χ1v) is 9.35. The number of esters is 1. The van der Waals surface area contributed by atoms with Gasteiger partial charge in [-0.05, 0) is 25.0 Å². The SMILES string of the molecule is CCOC(=O)C1=C(O)[C@@H](CC)[C@H]2c3ccccc3N(C(=O)OC)[C@@H]1N2C(=O)OC. The summed E-state index contributed by atoms with van der Waals surface area (Å²) in [6.07, 6.45) is -2.36. The number of carbonyl (C=O) groups is 3. The molecule has 3 rings (SSSR count). The number of carbonyl (C=O) groups excluding carboxylic acids is 3. The van der Waals surface area contributed by atoms with Crippen molar-refractivity contribution in [2.45, 2.75) is 32.5 Å². The van der Waals surface area contributed by atoms with Crippen LogP contribution in [0, 0.1) is 5.92 Å². The number of hydrogen-bond acceptors (Lipinski definition) is 7. The molecule has 0 saturated carbocycles. The molecule has 1 aromatic rings. The van der Waals surface area contributed by atoms with Gasteiger partial charge in [0.05, 0.1) is 32.6 Å². The van der Waals surface area contributed by atoms with E-state index in [0.29, 0.717) is 17.7 Å². The second-order valence-electron chi connectivity index (χ2n) is 6.63. The van der Waals surface area contributed by atoms with Gasteiger partial charge in [0.2, 0.25) is 0 Å². The zero-order valence-electron chi connectivity index (χ0n) is 16.7. The van der Waals surface area contributed by atoms with E-state index in [2.05, 4.69) is 0 Å². The van der Waals surface area contributed by atoms with E-state index in [9.17, 15) is 19.5 Å². The first-order valence-electron chi connectivity index (χ1n) is 9.35. The first kappa shape index (κ1) is 20.5. The lowest BCUT2D eigenvalue weighted by molar-refractivity contribution is -0.140. The van der Waals surface area contributed by atoms with Crippen LogP contribution >= 0.6 is 0 Å². The third-order valence-electron chi connectivity index (χ3n) is 5.28. The average Bonchev–Trinajstić information content (AvgIpc) is 2.73. The monoisotopic (exact) mass is 404 g/mol. The van der Waals surface area contributed by atoms with Crippen LogP contribution in [0.3, 0.4) is 0 Å². The number of aliphatic hydroxyl groups excluding tert-OH is 1. The molecule has 3 atom stereocenters. The zero-order valence-corrected chi connectivity index (χ0v) is 16.7. The normalized spacial score (nSPS) is 22.7. The van der Waals surface area contributed by atoms with Crippen molar-refractivity contribution in [3.8, 4) is 0 Å². The maximum Gasteiger partial charge on any atom is 0.416 e. The standard InChI is InChI=1S/C20H24N2O7/c1-5-11-15-12-9-7-8-10-13(12)21(19(25)27-3)17(22(15)20(26)28-4)14(16(11)23)18(24)29-6-2/h7-11,15,17,23H,5-6H2,1-4H3/t11-,15-,17+/m0/s1. The highest BCUT2D eigenvalue weighted by atomic mass is 16.6. The van der Waals surface area contributed by atoms with Crippen molar-refractivity contribution >= 4 is 23.8 Å². The van der Waals surface area contributed by atoms with Gasteiger partial charge in [0, 0.05) is 5.92 Å². The fourth-order valence-electron chi connectivity index (χ4n) is 4.13. The number of fused-ring (bicyclic) bond motifs is 4. The van der Waals surface area contributed by atoms with Gasteiger partial charge in [0.1, 0.15) is 11.3 Å². The Morgan fingerprint density at radius 1 is 1.07 bits per heavy atom. The molecule has 2 amide bonds. The molecule has 0 fully saturated rings. The van der Waals surface area contributed by atoms with E-state index in [1.165, 1.54) is 19.1 Å². The van der Waals surface area contributed by atoms with Gasteiger partial charge in [-0.2, -0.15) is 0 Å². The molecule has 0 unspecified atom stereocenters. The van der Waals surface area contributed by atoms with E-state index in [0.717, 1.165) is 4.90 Å². The summed E-state index contributed by atoms with van der Waals surface area (Å²) >= 11 is 0. The number of methoxy groups -OCH3 is 2. The highest BCUT2D eigenvalue weighted by Gasteiger charge is 2.56. The second-order valence-corrected chi connectivity index (χ2v) is 6.63. The Kier molecular flexibility index (Phi) is 5.67. The van der Waals surface area contributed by atoms with E-state index in [-0.39, 0.29) is 17.9 Å². The maximum atomic E-state index is 12.8. The summed E-state index contributed by atoms with van der Waals surface area (Å²) in [6, 6.07) is 6.37. The predicted octanol–water partition coefficient (Wildman–Crippen LogP) is 3.12. The van der Waals surface area contributed by atoms with Gasteiger partial charge >= 0.3 is 18.2 Å². The highest BCUT2D eigenvalue weighted by molar-refractivity contribution is 5.99. The number of para-hydroxylation sites is 1. The molecule has 0 radical (unpaired) electrons. The van der Waals surface area contributed by atoms with Gasteiger partial charge in [-0.3, -0.25) is 9.80 Å². The number of rotatable bonds is 3. The molecule has 2 heterocycles. The molecule has 29 heavy (non-hydrogen) atoms. The zero-order chi connectivity index (χ0) is 21.3. The number of nitrogens with zero attached hydrogens (tertiary/aromatic N) is 2. The van der Waals surface area contributed by atoms with Crippen LogP contribution in [-0.4, -0.2) is 55.2 Å². The number of ether oxygens (including phenoxy) is 3. The maximum absolute atomic E-state index is 12.8. The van der Waals surface area contributed by atoms with Crippen molar-refractivity contribution in [2.24, 2.45) is 5.92 Å². The Bertz CT molecular complexity index is 866. The quantitative estimate of drug-likeness (QED) is 0.609. The van der Waals surface area contributed by atoms with Crippen LogP contribution in [-0.2, 0) is 19.0 Å². The minimum absolute atomic E-state index is 0.0651. The minimum Gasteiger partial charge on any atom is -0.511 e. The molecule has 0 aromatic heterocycles. The Hall–Kier alpha value is -3.23.